The summed E-state index contributed by atoms with van der Waals surface area (Å²) in [6.45, 7) is 2.41. The van der Waals surface area contributed by atoms with Crippen molar-refractivity contribution in [3.8, 4) is 0 Å². The Morgan fingerprint density at radius 3 is 0.642 bits per heavy atom. The molecule has 0 saturated carbocycles. The van der Waals surface area contributed by atoms with Crippen molar-refractivity contribution in [1.82, 2.24) is 0 Å². The first-order valence-corrected chi connectivity index (χ1v) is 43.7. The molecule has 0 amide bonds. The van der Waals surface area contributed by atoms with Crippen LogP contribution in [0.4, 0.5) is 0 Å². The smallest absolute Gasteiger partial charge is 0.193 e. The summed E-state index contributed by atoms with van der Waals surface area (Å²) in [5.41, 5.74) is 19.1. The highest BCUT2D eigenvalue weighted by Crippen LogP contribution is 2.51. The van der Waals surface area contributed by atoms with E-state index < -0.39 is 0 Å². The van der Waals surface area contributed by atoms with E-state index in [0.717, 1.165) is 82.6 Å². The van der Waals surface area contributed by atoms with E-state index in [1.165, 1.54) is 61.2 Å². The summed E-state index contributed by atoms with van der Waals surface area (Å²) in [7, 11) is 0. The average molecular weight is 1560 g/mol. The molecule has 0 spiro atoms. The van der Waals surface area contributed by atoms with Gasteiger partial charge in [0.05, 0.1) is 0 Å². The minimum absolute atomic E-state index is 0.0115. The maximum absolute atomic E-state index is 15.5. The first kappa shape index (κ1) is 82.4. The fraction of sp³-hybridized carbons (Fsp3) is 0.205. The minimum Gasteiger partial charge on any atom is -0.289 e. The van der Waals surface area contributed by atoms with E-state index >= 15 is 9.59 Å². The van der Waals surface area contributed by atoms with Crippen molar-refractivity contribution >= 4 is 17.3 Å². The summed E-state index contributed by atoms with van der Waals surface area (Å²) in [4.78, 5) is 45.3. The Bertz CT molecular complexity index is 5500. The molecule has 0 N–H and O–H groups in total. The normalized spacial score (nSPS) is 14.2. The molecule has 0 aliphatic heterocycles. The predicted molar refractivity (Wildman–Crippen MR) is 497 cm³/mol. The van der Waals surface area contributed by atoms with Gasteiger partial charge in [0.2, 0.25) is 0 Å². The van der Waals surface area contributed by atoms with E-state index in [9.17, 15) is 4.79 Å². The highest BCUT2D eigenvalue weighted by molar-refractivity contribution is 6.13. The second-order valence-electron chi connectivity index (χ2n) is 33.5. The zero-order valence-electron chi connectivity index (χ0n) is 69.1. The van der Waals surface area contributed by atoms with Crippen molar-refractivity contribution in [3.63, 3.8) is 0 Å². The minimum atomic E-state index is -0.178. The van der Waals surface area contributed by atoms with Gasteiger partial charge in [-0.1, -0.05) is 426 Å². The van der Waals surface area contributed by atoms with Gasteiger partial charge in [0.1, 0.15) is 0 Å². The number of carbonyl (C=O) groups excluding carboxylic acids is 3. The molecule has 11 unspecified atom stereocenters. The number of carbonyl (C=O) groups is 3. The van der Waals surface area contributed by atoms with Gasteiger partial charge in [0.25, 0.3) is 0 Å². The molecule has 0 radical (unpaired) electrons. The number of hydrogen-bond donors (Lipinski definition) is 0. The van der Waals surface area contributed by atoms with Crippen molar-refractivity contribution in [1.29, 1.82) is 0 Å². The third-order valence-corrected chi connectivity index (χ3v) is 25.6. The number of benzene rings is 15. The fourth-order valence-corrected chi connectivity index (χ4v) is 19.3. The summed E-state index contributed by atoms with van der Waals surface area (Å²) in [6.07, 6.45) is 10.7. The molecule has 15 aromatic carbocycles. The molecule has 11 atom stereocenters. The lowest BCUT2D eigenvalue weighted by atomic mass is 9.69. The van der Waals surface area contributed by atoms with E-state index in [1.54, 1.807) is 0 Å². The Morgan fingerprint density at radius 1 is 0.175 bits per heavy atom. The van der Waals surface area contributed by atoms with Crippen LogP contribution in [0.15, 0.2) is 437 Å². The summed E-state index contributed by atoms with van der Waals surface area (Å²) < 4.78 is 0. The molecule has 0 fully saturated rings. The molecular formula is C117H110O3. The van der Waals surface area contributed by atoms with Gasteiger partial charge in [-0.3, -0.25) is 14.4 Å². The standard InChI is InChI=1S/C117H110O3/c1-86(88-43-17-3-18-44-88)73-103(90-47-21-5-22-48-90)75-105(91-49-23-6-24-50-91)77-107(93-53-27-8-28-54-93)79-109(95-57-31-10-32-58-95)81-111(112-83-113(116(119)99-63-37-13-38-64-99)85-114(84-112)117(120)100-65-39-14-40-66-100)82-110(96-59-33-11-34-60-96)80-108(94-55-29-9-30-56-94)78-106(92-51-25-7-26-52-92)76-104(97-69-71-101(72-70-97)115(118)98-61-35-12-36-62-98)74-102(89-45-19-4-20-46-89)68-67-87-41-15-2-16-42-87/h2-66,69-72,83-86,102-111H,67-68,73-82H2,1H3. The molecule has 0 heterocycles. The number of aryl methyl sites for hydroxylation is 1. The van der Waals surface area contributed by atoms with Gasteiger partial charge in [-0.25, -0.2) is 0 Å². The molecule has 0 aliphatic rings. The second-order valence-corrected chi connectivity index (χ2v) is 33.5. The lowest BCUT2D eigenvalue weighted by molar-refractivity contribution is 0.102. The topological polar surface area (TPSA) is 51.2 Å². The van der Waals surface area contributed by atoms with Gasteiger partial charge in [-0.05, 0) is 227 Å². The second kappa shape index (κ2) is 42.1. The molecule has 0 aromatic heterocycles. The van der Waals surface area contributed by atoms with E-state index in [1.807, 2.05) is 97.1 Å². The van der Waals surface area contributed by atoms with Crippen LogP contribution >= 0.6 is 0 Å². The molecule has 3 nitrogen and oxygen atoms in total. The largest absolute Gasteiger partial charge is 0.289 e. The Morgan fingerprint density at radius 2 is 0.367 bits per heavy atom. The molecule has 120 heavy (non-hydrogen) atoms. The SMILES string of the molecule is CC(CC(CC(CC(CC(CC(CC(CC(CC(CC(CC(CCc1ccccc1)c1ccccc1)c1ccc(C(=O)c2ccccc2)cc1)c1ccccc1)c1ccccc1)c1ccccc1)c1cc(C(=O)c2ccccc2)cc(C(=O)c2ccccc2)c1)c1ccccc1)c1ccccc1)c1ccccc1)c1ccccc1)c1ccccc1. The van der Waals surface area contributed by atoms with Gasteiger partial charge in [0.15, 0.2) is 17.3 Å². The monoisotopic (exact) mass is 1560 g/mol. The Kier molecular flexibility index (Phi) is 28.9. The van der Waals surface area contributed by atoms with Crippen LogP contribution in [0, 0.1) is 0 Å². The van der Waals surface area contributed by atoms with Crippen molar-refractivity contribution in [2.24, 2.45) is 0 Å². The first-order chi connectivity index (χ1) is 59.2. The van der Waals surface area contributed by atoms with E-state index in [0.29, 0.717) is 39.3 Å². The molecule has 15 rings (SSSR count). The number of hydrogen-bond acceptors (Lipinski definition) is 3. The maximum Gasteiger partial charge on any atom is 0.193 e. The zero-order valence-corrected chi connectivity index (χ0v) is 69.1. The zero-order chi connectivity index (χ0) is 81.9. The number of rotatable bonds is 40. The molecular weight excluding hydrogens is 1450 g/mol. The maximum atomic E-state index is 15.5. The summed E-state index contributed by atoms with van der Waals surface area (Å²) >= 11 is 0. The summed E-state index contributed by atoms with van der Waals surface area (Å²) in [6, 6.07) is 156. The molecule has 15 aromatic rings. The highest BCUT2D eigenvalue weighted by atomic mass is 16.1. The van der Waals surface area contributed by atoms with E-state index in [-0.39, 0.29) is 76.5 Å². The molecule has 596 valence electrons. The number of ketones is 3. The Balaban J connectivity index is 0.852. The van der Waals surface area contributed by atoms with Crippen LogP contribution in [0.5, 0.6) is 0 Å². The van der Waals surface area contributed by atoms with Gasteiger partial charge >= 0.3 is 0 Å². The highest BCUT2D eigenvalue weighted by Gasteiger charge is 2.35. The van der Waals surface area contributed by atoms with Gasteiger partial charge in [-0.15, -0.1) is 0 Å². The van der Waals surface area contributed by atoms with E-state index in [2.05, 4.69) is 347 Å². The first-order valence-electron chi connectivity index (χ1n) is 43.7. The van der Waals surface area contributed by atoms with Crippen molar-refractivity contribution in [2.45, 2.75) is 149 Å². The van der Waals surface area contributed by atoms with Gasteiger partial charge in [-0.2, -0.15) is 0 Å². The quantitative estimate of drug-likeness (QED) is 0.0360. The summed E-state index contributed by atoms with van der Waals surface area (Å²) in [5, 5.41) is 0. The average Bonchev–Trinajstić information content (AvgIpc) is 0.792. The van der Waals surface area contributed by atoms with Crippen LogP contribution in [0.1, 0.15) is 257 Å². The van der Waals surface area contributed by atoms with Crippen LogP contribution in [-0.2, 0) is 6.42 Å². The lowest BCUT2D eigenvalue weighted by Crippen LogP contribution is -2.19. The van der Waals surface area contributed by atoms with Crippen LogP contribution in [0.3, 0.4) is 0 Å². The van der Waals surface area contributed by atoms with Crippen LogP contribution in [0.2, 0.25) is 0 Å². The molecule has 0 bridgehead atoms. The van der Waals surface area contributed by atoms with Crippen LogP contribution in [-0.4, -0.2) is 17.3 Å². The van der Waals surface area contributed by atoms with E-state index in [4.69, 9.17) is 0 Å². The predicted octanol–water partition coefficient (Wildman–Crippen LogP) is 29.9. The molecule has 0 saturated heterocycles. The van der Waals surface area contributed by atoms with Crippen LogP contribution < -0.4 is 0 Å². The third kappa shape index (κ3) is 22.4. The fourth-order valence-electron chi connectivity index (χ4n) is 19.3. The Hall–Kier alpha value is -12.7. The third-order valence-electron chi connectivity index (χ3n) is 25.6. The lowest BCUT2D eigenvalue weighted by Gasteiger charge is -2.35. The molecule has 3 heteroatoms. The van der Waals surface area contributed by atoms with Gasteiger partial charge in [0, 0.05) is 33.4 Å². The van der Waals surface area contributed by atoms with Crippen molar-refractivity contribution < 1.29 is 14.4 Å². The van der Waals surface area contributed by atoms with Crippen molar-refractivity contribution in [2.75, 3.05) is 0 Å². The Labute approximate surface area is 713 Å². The van der Waals surface area contributed by atoms with Gasteiger partial charge < -0.3 is 0 Å². The van der Waals surface area contributed by atoms with Crippen LogP contribution in [0.25, 0.3) is 0 Å². The van der Waals surface area contributed by atoms with Crippen molar-refractivity contribution in [3.05, 3.63) is 537 Å². The summed E-state index contributed by atoms with van der Waals surface area (Å²) in [5.74, 6) is 1.09. The molecule has 0 aliphatic carbocycles.